The SMILES string of the molecule is CCCCC1CCC(CNC(=O)C2CCNC2)CC1. The zero-order valence-corrected chi connectivity index (χ0v) is 12.4. The number of rotatable bonds is 6. The maximum atomic E-state index is 11.9. The topological polar surface area (TPSA) is 41.1 Å². The van der Waals surface area contributed by atoms with Crippen molar-refractivity contribution in [2.75, 3.05) is 19.6 Å². The van der Waals surface area contributed by atoms with E-state index >= 15 is 0 Å². The van der Waals surface area contributed by atoms with E-state index in [2.05, 4.69) is 17.6 Å². The van der Waals surface area contributed by atoms with Crippen LogP contribution in [0.4, 0.5) is 0 Å². The highest BCUT2D eigenvalue weighted by atomic mass is 16.1. The van der Waals surface area contributed by atoms with Gasteiger partial charge in [-0.2, -0.15) is 0 Å². The van der Waals surface area contributed by atoms with Crippen molar-refractivity contribution in [3.63, 3.8) is 0 Å². The summed E-state index contributed by atoms with van der Waals surface area (Å²) in [6.45, 7) is 5.06. The molecule has 0 aromatic rings. The van der Waals surface area contributed by atoms with Crippen LogP contribution in [0.2, 0.25) is 0 Å². The zero-order chi connectivity index (χ0) is 13.5. The molecule has 1 heterocycles. The maximum absolute atomic E-state index is 11.9. The Hall–Kier alpha value is -0.570. The first-order chi connectivity index (χ1) is 9.29. The van der Waals surface area contributed by atoms with Gasteiger partial charge in [0, 0.05) is 13.1 Å². The number of nitrogens with one attached hydrogen (secondary N) is 2. The van der Waals surface area contributed by atoms with Crippen molar-refractivity contribution in [2.45, 2.75) is 58.3 Å². The third-order valence-electron chi connectivity index (χ3n) is 4.93. The molecule has 0 aromatic heterocycles. The van der Waals surface area contributed by atoms with E-state index in [0.29, 0.717) is 0 Å². The molecule has 1 amide bonds. The lowest BCUT2D eigenvalue weighted by atomic mass is 9.80. The van der Waals surface area contributed by atoms with Gasteiger partial charge in [-0.25, -0.2) is 0 Å². The molecular weight excluding hydrogens is 236 g/mol. The van der Waals surface area contributed by atoms with Crippen LogP contribution in [0.15, 0.2) is 0 Å². The van der Waals surface area contributed by atoms with E-state index in [4.69, 9.17) is 0 Å². The summed E-state index contributed by atoms with van der Waals surface area (Å²) in [5.41, 5.74) is 0. The van der Waals surface area contributed by atoms with Crippen LogP contribution in [-0.2, 0) is 4.79 Å². The Kier molecular flexibility index (Phi) is 6.15. The van der Waals surface area contributed by atoms with E-state index in [9.17, 15) is 4.79 Å². The molecule has 3 nitrogen and oxygen atoms in total. The van der Waals surface area contributed by atoms with Crippen molar-refractivity contribution in [1.29, 1.82) is 0 Å². The molecule has 2 rings (SSSR count). The van der Waals surface area contributed by atoms with Gasteiger partial charge in [0.2, 0.25) is 5.91 Å². The number of carbonyl (C=O) groups excluding carboxylic acids is 1. The lowest BCUT2D eigenvalue weighted by molar-refractivity contribution is -0.124. The Bertz CT molecular complexity index is 266. The van der Waals surface area contributed by atoms with Gasteiger partial charge >= 0.3 is 0 Å². The minimum Gasteiger partial charge on any atom is -0.356 e. The quantitative estimate of drug-likeness (QED) is 0.776. The van der Waals surface area contributed by atoms with Gasteiger partial charge in [-0.3, -0.25) is 4.79 Å². The molecule has 0 spiro atoms. The molecule has 1 saturated carbocycles. The minimum atomic E-state index is 0.223. The predicted octanol–water partition coefficient (Wildman–Crippen LogP) is 2.71. The molecule has 2 N–H and O–H groups in total. The number of carbonyl (C=O) groups is 1. The van der Waals surface area contributed by atoms with E-state index < -0.39 is 0 Å². The number of amides is 1. The summed E-state index contributed by atoms with van der Waals surface area (Å²) < 4.78 is 0. The lowest BCUT2D eigenvalue weighted by Gasteiger charge is -2.28. The van der Waals surface area contributed by atoms with Gasteiger partial charge in [0.05, 0.1) is 5.92 Å². The van der Waals surface area contributed by atoms with Gasteiger partial charge in [0.15, 0.2) is 0 Å². The van der Waals surface area contributed by atoms with Gasteiger partial charge < -0.3 is 10.6 Å². The number of unbranched alkanes of at least 4 members (excludes halogenated alkanes) is 1. The third-order valence-corrected chi connectivity index (χ3v) is 4.93. The Morgan fingerprint density at radius 2 is 1.89 bits per heavy atom. The van der Waals surface area contributed by atoms with Gasteiger partial charge in [0.1, 0.15) is 0 Å². The summed E-state index contributed by atoms with van der Waals surface area (Å²) in [6, 6.07) is 0. The summed E-state index contributed by atoms with van der Waals surface area (Å²) in [4.78, 5) is 11.9. The zero-order valence-electron chi connectivity index (χ0n) is 12.4. The van der Waals surface area contributed by atoms with Crippen molar-refractivity contribution in [1.82, 2.24) is 10.6 Å². The van der Waals surface area contributed by atoms with Crippen LogP contribution in [0.3, 0.4) is 0 Å². The first-order valence-electron chi connectivity index (χ1n) is 8.28. The van der Waals surface area contributed by atoms with Gasteiger partial charge in [0.25, 0.3) is 0 Å². The molecule has 1 atom stereocenters. The van der Waals surface area contributed by atoms with Crippen LogP contribution in [-0.4, -0.2) is 25.5 Å². The third kappa shape index (κ3) is 4.79. The summed E-state index contributed by atoms with van der Waals surface area (Å²) >= 11 is 0. The fraction of sp³-hybridized carbons (Fsp3) is 0.938. The second-order valence-corrected chi connectivity index (χ2v) is 6.46. The molecule has 1 unspecified atom stereocenters. The van der Waals surface area contributed by atoms with Crippen LogP contribution in [0.25, 0.3) is 0 Å². The van der Waals surface area contributed by atoms with E-state index in [-0.39, 0.29) is 11.8 Å². The molecule has 1 saturated heterocycles. The highest BCUT2D eigenvalue weighted by Gasteiger charge is 2.24. The second kappa shape index (κ2) is 7.88. The smallest absolute Gasteiger partial charge is 0.224 e. The lowest BCUT2D eigenvalue weighted by Crippen LogP contribution is -2.36. The fourth-order valence-electron chi connectivity index (χ4n) is 3.48. The average Bonchev–Trinajstić information content (AvgIpc) is 2.98. The average molecular weight is 266 g/mol. The first-order valence-corrected chi connectivity index (χ1v) is 8.28. The van der Waals surface area contributed by atoms with Crippen LogP contribution in [0.5, 0.6) is 0 Å². The molecule has 1 aliphatic heterocycles. The molecule has 2 fully saturated rings. The first kappa shape index (κ1) is 14.8. The summed E-state index contributed by atoms with van der Waals surface area (Å²) in [5.74, 6) is 2.20. The Balaban J connectivity index is 1.58. The molecule has 3 heteroatoms. The number of hydrogen-bond acceptors (Lipinski definition) is 2. The van der Waals surface area contributed by atoms with Gasteiger partial charge in [-0.1, -0.05) is 39.0 Å². The van der Waals surface area contributed by atoms with Gasteiger partial charge in [-0.05, 0) is 37.6 Å². The molecular formula is C16H30N2O. The highest BCUT2D eigenvalue weighted by molar-refractivity contribution is 5.79. The van der Waals surface area contributed by atoms with Crippen molar-refractivity contribution in [3.8, 4) is 0 Å². The molecule has 0 bridgehead atoms. The summed E-state index contributed by atoms with van der Waals surface area (Å²) in [7, 11) is 0. The fourth-order valence-corrected chi connectivity index (χ4v) is 3.48. The van der Waals surface area contributed by atoms with Crippen LogP contribution < -0.4 is 10.6 Å². The molecule has 2 aliphatic rings. The Morgan fingerprint density at radius 1 is 1.16 bits per heavy atom. The monoisotopic (exact) mass is 266 g/mol. The largest absolute Gasteiger partial charge is 0.356 e. The van der Waals surface area contributed by atoms with E-state index in [1.54, 1.807) is 0 Å². The normalized spacial score (nSPS) is 31.3. The van der Waals surface area contributed by atoms with Crippen LogP contribution in [0, 0.1) is 17.8 Å². The number of hydrogen-bond donors (Lipinski definition) is 2. The molecule has 1 aliphatic carbocycles. The highest BCUT2D eigenvalue weighted by Crippen LogP contribution is 2.31. The Labute approximate surface area is 117 Å². The molecule has 0 radical (unpaired) electrons. The Morgan fingerprint density at radius 3 is 2.53 bits per heavy atom. The predicted molar refractivity (Wildman–Crippen MR) is 79.0 cm³/mol. The van der Waals surface area contributed by atoms with Crippen LogP contribution >= 0.6 is 0 Å². The van der Waals surface area contributed by atoms with Crippen molar-refractivity contribution in [3.05, 3.63) is 0 Å². The van der Waals surface area contributed by atoms with E-state index in [0.717, 1.165) is 37.9 Å². The van der Waals surface area contributed by atoms with E-state index in [1.165, 1.54) is 44.9 Å². The second-order valence-electron chi connectivity index (χ2n) is 6.46. The van der Waals surface area contributed by atoms with Gasteiger partial charge in [-0.15, -0.1) is 0 Å². The van der Waals surface area contributed by atoms with Crippen molar-refractivity contribution < 1.29 is 4.79 Å². The molecule has 110 valence electrons. The van der Waals surface area contributed by atoms with Crippen molar-refractivity contribution >= 4 is 5.91 Å². The van der Waals surface area contributed by atoms with E-state index in [1.807, 2.05) is 0 Å². The standard InChI is InChI=1S/C16H30N2O/c1-2-3-4-13-5-7-14(8-6-13)11-18-16(19)15-9-10-17-12-15/h13-15,17H,2-12H2,1H3,(H,18,19). The summed E-state index contributed by atoms with van der Waals surface area (Å²) in [6.07, 6.45) is 10.5. The molecule has 0 aromatic carbocycles. The van der Waals surface area contributed by atoms with Crippen LogP contribution in [0.1, 0.15) is 58.3 Å². The molecule has 19 heavy (non-hydrogen) atoms. The summed E-state index contributed by atoms with van der Waals surface area (Å²) in [5, 5.41) is 6.43. The maximum Gasteiger partial charge on any atom is 0.224 e. The van der Waals surface area contributed by atoms with Crippen molar-refractivity contribution in [2.24, 2.45) is 17.8 Å². The minimum absolute atomic E-state index is 0.223.